The summed E-state index contributed by atoms with van der Waals surface area (Å²) in [6.07, 6.45) is -4.70. The number of benzene rings is 1. The number of halogens is 7. The fourth-order valence-electron chi connectivity index (χ4n) is 1.43. The zero-order chi connectivity index (χ0) is 15.5. The lowest BCUT2D eigenvalue weighted by Gasteiger charge is -2.23. The van der Waals surface area contributed by atoms with Crippen LogP contribution in [0.25, 0.3) is 0 Å². The third-order valence-electron chi connectivity index (χ3n) is 2.24. The van der Waals surface area contributed by atoms with Crippen LogP contribution < -0.4 is 0 Å². The highest BCUT2D eigenvalue weighted by Gasteiger charge is 2.33. The van der Waals surface area contributed by atoms with Crippen LogP contribution in [0.1, 0.15) is 10.4 Å². The first kappa shape index (κ1) is 16.6. The monoisotopic (exact) mass is 319 g/mol. The zero-order valence-corrected chi connectivity index (χ0v) is 10.5. The van der Waals surface area contributed by atoms with Gasteiger partial charge < -0.3 is 4.90 Å². The second kappa shape index (κ2) is 6.34. The highest BCUT2D eigenvalue weighted by molar-refractivity contribution is 6.18. The van der Waals surface area contributed by atoms with Gasteiger partial charge in [-0.3, -0.25) is 4.79 Å². The molecule has 2 nitrogen and oxygen atoms in total. The molecule has 1 aromatic rings. The second-order valence-corrected chi connectivity index (χ2v) is 4.16. The average molecular weight is 320 g/mol. The van der Waals surface area contributed by atoms with Gasteiger partial charge in [-0.1, -0.05) is 0 Å². The molecular weight excluding hydrogens is 312 g/mol. The lowest BCUT2D eigenvalue weighted by molar-refractivity contribution is -0.140. The van der Waals surface area contributed by atoms with Crippen LogP contribution in [0.3, 0.4) is 0 Å². The zero-order valence-electron chi connectivity index (χ0n) is 9.78. The van der Waals surface area contributed by atoms with Crippen LogP contribution in [0, 0.1) is 17.5 Å². The first-order chi connectivity index (χ1) is 9.15. The largest absolute Gasteiger partial charge is 0.406 e. The fraction of sp³-hybridized carbons (Fsp3) is 0.364. The summed E-state index contributed by atoms with van der Waals surface area (Å²) in [4.78, 5) is 12.0. The summed E-state index contributed by atoms with van der Waals surface area (Å²) in [5.74, 6) is -6.71. The Hall–Kier alpha value is -1.44. The maximum atomic E-state index is 13.0. The number of hydrogen-bond donors (Lipinski definition) is 0. The molecule has 0 N–H and O–H groups in total. The summed E-state index contributed by atoms with van der Waals surface area (Å²) in [5.41, 5.74) is -0.726. The molecule has 0 bridgehead atoms. The van der Waals surface area contributed by atoms with Gasteiger partial charge in [0.1, 0.15) is 6.54 Å². The lowest BCUT2D eigenvalue weighted by atomic mass is 10.1. The van der Waals surface area contributed by atoms with Crippen molar-refractivity contribution >= 4 is 17.5 Å². The Bertz CT molecular complexity index is 481. The lowest BCUT2D eigenvalue weighted by Crippen LogP contribution is -2.40. The summed E-state index contributed by atoms with van der Waals surface area (Å²) < 4.78 is 75.5. The van der Waals surface area contributed by atoms with Crippen LogP contribution in [0.5, 0.6) is 0 Å². The van der Waals surface area contributed by atoms with Gasteiger partial charge in [-0.05, 0) is 12.1 Å². The number of carbonyl (C=O) groups is 1. The molecule has 0 saturated carbocycles. The second-order valence-electron chi connectivity index (χ2n) is 3.78. The number of nitrogens with zero attached hydrogens (tertiary/aromatic N) is 1. The van der Waals surface area contributed by atoms with Gasteiger partial charge in [-0.2, -0.15) is 13.2 Å². The molecule has 0 aliphatic rings. The standard InChI is InChI=1S/C11H8ClF6NO/c12-1-2-19(5-11(16,17)18)10(20)6-3-7(13)9(15)8(14)4-6/h3-4H,1-2,5H2. The first-order valence-corrected chi connectivity index (χ1v) is 5.75. The van der Waals surface area contributed by atoms with Crippen LogP contribution in [-0.2, 0) is 0 Å². The van der Waals surface area contributed by atoms with E-state index >= 15 is 0 Å². The van der Waals surface area contributed by atoms with Crippen molar-refractivity contribution in [3.8, 4) is 0 Å². The van der Waals surface area contributed by atoms with E-state index in [1.165, 1.54) is 0 Å². The highest BCUT2D eigenvalue weighted by atomic mass is 35.5. The first-order valence-electron chi connectivity index (χ1n) is 5.22. The van der Waals surface area contributed by atoms with Gasteiger partial charge in [0.2, 0.25) is 0 Å². The molecule has 0 spiro atoms. The minimum Gasteiger partial charge on any atom is -0.328 e. The summed E-state index contributed by atoms with van der Waals surface area (Å²) in [6, 6.07) is 0.663. The SMILES string of the molecule is O=C(c1cc(F)c(F)c(F)c1)N(CCCl)CC(F)(F)F. The van der Waals surface area contributed by atoms with Crippen LogP contribution in [0.2, 0.25) is 0 Å². The number of alkyl halides is 4. The van der Waals surface area contributed by atoms with Crippen LogP contribution >= 0.6 is 11.6 Å². The van der Waals surface area contributed by atoms with E-state index in [0.717, 1.165) is 0 Å². The van der Waals surface area contributed by atoms with E-state index in [1.807, 2.05) is 0 Å². The Morgan fingerprint density at radius 3 is 2.05 bits per heavy atom. The molecule has 1 aromatic carbocycles. The number of carbonyl (C=O) groups excluding carboxylic acids is 1. The maximum Gasteiger partial charge on any atom is 0.406 e. The number of hydrogen-bond acceptors (Lipinski definition) is 1. The molecule has 0 unspecified atom stereocenters. The van der Waals surface area contributed by atoms with E-state index in [0.29, 0.717) is 12.1 Å². The van der Waals surface area contributed by atoms with Crippen molar-refractivity contribution in [3.05, 3.63) is 35.1 Å². The summed E-state index contributed by atoms with van der Waals surface area (Å²) in [5, 5.41) is 0. The van der Waals surface area contributed by atoms with E-state index in [9.17, 15) is 31.1 Å². The van der Waals surface area contributed by atoms with Gasteiger partial charge in [0.25, 0.3) is 5.91 Å². The van der Waals surface area contributed by atoms with Gasteiger partial charge in [0.05, 0.1) is 0 Å². The van der Waals surface area contributed by atoms with E-state index in [2.05, 4.69) is 0 Å². The Balaban J connectivity index is 3.06. The Morgan fingerprint density at radius 1 is 1.15 bits per heavy atom. The van der Waals surface area contributed by atoms with Crippen molar-refractivity contribution in [1.82, 2.24) is 4.90 Å². The molecule has 112 valence electrons. The van der Waals surface area contributed by atoms with Crippen LogP contribution in [-0.4, -0.2) is 36.0 Å². The molecule has 1 amide bonds. The van der Waals surface area contributed by atoms with Crippen molar-refractivity contribution < 1.29 is 31.1 Å². The predicted molar refractivity (Wildman–Crippen MR) is 59.0 cm³/mol. The third kappa shape index (κ3) is 4.29. The predicted octanol–water partition coefficient (Wildman–Crippen LogP) is 3.35. The minimum atomic E-state index is -4.70. The van der Waals surface area contributed by atoms with Crippen molar-refractivity contribution in [2.75, 3.05) is 19.0 Å². The molecule has 0 fully saturated rings. The minimum absolute atomic E-state index is 0.277. The van der Waals surface area contributed by atoms with Crippen LogP contribution in [0.15, 0.2) is 12.1 Å². The van der Waals surface area contributed by atoms with Gasteiger partial charge in [-0.15, -0.1) is 11.6 Å². The quantitative estimate of drug-likeness (QED) is 0.473. The molecule has 0 aromatic heterocycles. The fourth-order valence-corrected chi connectivity index (χ4v) is 1.64. The van der Waals surface area contributed by atoms with Crippen molar-refractivity contribution in [2.24, 2.45) is 0 Å². The van der Waals surface area contributed by atoms with Crippen LogP contribution in [0.4, 0.5) is 26.3 Å². The molecule has 0 aliphatic heterocycles. The number of amides is 1. The van der Waals surface area contributed by atoms with Crippen molar-refractivity contribution in [2.45, 2.75) is 6.18 Å². The van der Waals surface area contributed by atoms with E-state index < -0.39 is 48.2 Å². The van der Waals surface area contributed by atoms with E-state index in [1.54, 1.807) is 0 Å². The number of rotatable bonds is 4. The summed E-state index contributed by atoms with van der Waals surface area (Å²) >= 11 is 5.28. The Labute approximate surface area is 114 Å². The third-order valence-corrected chi connectivity index (χ3v) is 2.41. The molecular formula is C11H8ClF6NO. The Kier molecular flexibility index (Phi) is 5.27. The van der Waals surface area contributed by atoms with E-state index in [-0.39, 0.29) is 10.8 Å². The van der Waals surface area contributed by atoms with Crippen molar-refractivity contribution in [3.63, 3.8) is 0 Å². The van der Waals surface area contributed by atoms with Gasteiger partial charge in [0.15, 0.2) is 17.5 Å². The van der Waals surface area contributed by atoms with Crippen molar-refractivity contribution in [1.29, 1.82) is 0 Å². The molecule has 0 heterocycles. The average Bonchev–Trinajstić information content (AvgIpc) is 2.32. The van der Waals surface area contributed by atoms with Gasteiger partial charge >= 0.3 is 6.18 Å². The molecule has 0 radical (unpaired) electrons. The molecule has 0 saturated heterocycles. The molecule has 20 heavy (non-hydrogen) atoms. The topological polar surface area (TPSA) is 20.3 Å². The molecule has 1 rings (SSSR count). The smallest absolute Gasteiger partial charge is 0.328 e. The normalized spacial score (nSPS) is 11.6. The van der Waals surface area contributed by atoms with Gasteiger partial charge in [0, 0.05) is 18.0 Å². The summed E-state index contributed by atoms with van der Waals surface area (Å²) in [6.45, 7) is -2.10. The van der Waals surface area contributed by atoms with Gasteiger partial charge in [-0.25, -0.2) is 13.2 Å². The molecule has 9 heteroatoms. The van der Waals surface area contributed by atoms with E-state index in [4.69, 9.17) is 11.6 Å². The molecule has 0 atom stereocenters. The Morgan fingerprint density at radius 2 is 1.65 bits per heavy atom. The highest BCUT2D eigenvalue weighted by Crippen LogP contribution is 2.20. The maximum absolute atomic E-state index is 13.0. The molecule has 0 aliphatic carbocycles. The summed E-state index contributed by atoms with van der Waals surface area (Å²) in [7, 11) is 0.